The largest absolute Gasteiger partial charge is 0.497 e. The molecule has 0 fully saturated rings. The Hall–Kier alpha value is -3.22. The van der Waals surface area contributed by atoms with Crippen molar-refractivity contribution in [2.24, 2.45) is 0 Å². The van der Waals surface area contributed by atoms with Gasteiger partial charge in [0.05, 0.1) is 7.11 Å². The van der Waals surface area contributed by atoms with E-state index in [4.69, 9.17) is 13.9 Å². The van der Waals surface area contributed by atoms with Gasteiger partial charge >= 0.3 is 0 Å². The van der Waals surface area contributed by atoms with Crippen LogP contribution in [0.2, 0.25) is 0 Å². The highest BCUT2D eigenvalue weighted by atomic mass is 16.5. The van der Waals surface area contributed by atoms with Crippen molar-refractivity contribution in [2.45, 2.75) is 6.92 Å². The van der Waals surface area contributed by atoms with Crippen LogP contribution in [0.4, 0.5) is 0 Å². The monoisotopic (exact) mass is 330 g/mol. The van der Waals surface area contributed by atoms with Crippen LogP contribution in [0.5, 0.6) is 11.5 Å². The van der Waals surface area contributed by atoms with Crippen LogP contribution in [-0.4, -0.2) is 25.5 Å². The molecule has 0 radical (unpaired) electrons. The molecule has 2 aromatic rings. The summed E-state index contributed by atoms with van der Waals surface area (Å²) in [6.45, 7) is 1.58. The molecule has 24 heavy (non-hydrogen) atoms. The molecule has 0 spiro atoms. The number of carbonyl (C=O) groups excluding carboxylic acids is 2. The highest BCUT2D eigenvalue weighted by Gasteiger charge is 2.04. The fraction of sp³-hybridized carbons (Fsp3) is 0.176. The summed E-state index contributed by atoms with van der Waals surface area (Å²) in [7, 11) is 1.56. The van der Waals surface area contributed by atoms with Gasteiger partial charge in [-0.05, 0) is 49.4 Å². The Bertz CT molecular complexity index is 719. The molecule has 7 heteroatoms. The number of hydrazine groups is 1. The van der Waals surface area contributed by atoms with E-state index in [1.165, 1.54) is 12.2 Å². The molecule has 0 aliphatic heterocycles. The number of hydrogen-bond donors (Lipinski definition) is 2. The number of amides is 2. The standard InChI is InChI=1S/C17H18N2O5/c1-12-3-4-15(24-12)9-10-16(20)18-19-17(21)11-23-14-7-5-13(22-2)6-8-14/h3-10H,11H2,1-2H3,(H,18,20)(H,19,21). The zero-order chi connectivity index (χ0) is 17.4. The molecular formula is C17H18N2O5. The molecule has 0 bridgehead atoms. The molecule has 7 nitrogen and oxygen atoms in total. The zero-order valence-corrected chi connectivity index (χ0v) is 13.4. The minimum Gasteiger partial charge on any atom is -0.497 e. The van der Waals surface area contributed by atoms with Gasteiger partial charge in [0, 0.05) is 6.08 Å². The number of carbonyl (C=O) groups is 2. The van der Waals surface area contributed by atoms with Crippen LogP contribution in [0.3, 0.4) is 0 Å². The van der Waals surface area contributed by atoms with Crippen LogP contribution in [0.25, 0.3) is 6.08 Å². The summed E-state index contributed by atoms with van der Waals surface area (Å²) in [5, 5.41) is 0. The van der Waals surface area contributed by atoms with E-state index in [0.29, 0.717) is 17.3 Å². The number of hydrogen-bond acceptors (Lipinski definition) is 5. The van der Waals surface area contributed by atoms with E-state index in [1.54, 1.807) is 50.4 Å². The lowest BCUT2D eigenvalue weighted by Gasteiger charge is -2.08. The average Bonchev–Trinajstić information content (AvgIpc) is 3.02. The predicted molar refractivity (Wildman–Crippen MR) is 87.3 cm³/mol. The van der Waals surface area contributed by atoms with E-state index in [-0.39, 0.29) is 6.61 Å². The lowest BCUT2D eigenvalue weighted by molar-refractivity contribution is -0.128. The maximum atomic E-state index is 11.6. The van der Waals surface area contributed by atoms with E-state index in [2.05, 4.69) is 10.9 Å². The van der Waals surface area contributed by atoms with Gasteiger partial charge in [0.1, 0.15) is 23.0 Å². The fourth-order valence-electron chi connectivity index (χ4n) is 1.73. The molecule has 0 saturated carbocycles. The summed E-state index contributed by atoms with van der Waals surface area (Å²) < 4.78 is 15.6. The van der Waals surface area contributed by atoms with Gasteiger partial charge in [-0.1, -0.05) is 0 Å². The predicted octanol–water partition coefficient (Wildman–Crippen LogP) is 1.84. The molecule has 0 unspecified atom stereocenters. The lowest BCUT2D eigenvalue weighted by Crippen LogP contribution is -2.43. The van der Waals surface area contributed by atoms with Crippen molar-refractivity contribution in [3.63, 3.8) is 0 Å². The van der Waals surface area contributed by atoms with Crippen molar-refractivity contribution in [1.82, 2.24) is 10.9 Å². The SMILES string of the molecule is COc1ccc(OCC(=O)NNC(=O)C=Cc2ccc(C)o2)cc1. The summed E-state index contributed by atoms with van der Waals surface area (Å²) in [5.41, 5.74) is 4.49. The van der Waals surface area contributed by atoms with Gasteiger partial charge in [-0.25, -0.2) is 0 Å². The molecule has 2 amide bonds. The Balaban J connectivity index is 1.70. The maximum absolute atomic E-state index is 11.6. The number of ether oxygens (including phenoxy) is 2. The van der Waals surface area contributed by atoms with Crippen molar-refractivity contribution in [3.05, 3.63) is 54.0 Å². The van der Waals surface area contributed by atoms with Gasteiger partial charge in [0.2, 0.25) is 0 Å². The summed E-state index contributed by atoms with van der Waals surface area (Å²) in [6.07, 6.45) is 2.76. The third-order valence-corrected chi connectivity index (χ3v) is 2.91. The molecule has 0 saturated heterocycles. The lowest BCUT2D eigenvalue weighted by atomic mass is 10.3. The molecular weight excluding hydrogens is 312 g/mol. The first kappa shape index (κ1) is 17.1. The first-order chi connectivity index (χ1) is 11.6. The molecule has 0 aliphatic rings. The Morgan fingerprint density at radius 1 is 1.08 bits per heavy atom. The topological polar surface area (TPSA) is 89.8 Å². The number of aryl methyl sites for hydroxylation is 1. The van der Waals surface area contributed by atoms with Crippen LogP contribution in [0, 0.1) is 6.92 Å². The molecule has 0 atom stereocenters. The molecule has 2 N–H and O–H groups in total. The highest BCUT2D eigenvalue weighted by molar-refractivity contribution is 5.92. The van der Waals surface area contributed by atoms with E-state index in [9.17, 15) is 9.59 Å². The van der Waals surface area contributed by atoms with Crippen molar-refractivity contribution in [3.8, 4) is 11.5 Å². The average molecular weight is 330 g/mol. The number of methoxy groups -OCH3 is 1. The van der Waals surface area contributed by atoms with Crippen LogP contribution in [-0.2, 0) is 9.59 Å². The van der Waals surface area contributed by atoms with E-state index >= 15 is 0 Å². The number of rotatable bonds is 6. The number of nitrogens with one attached hydrogen (secondary N) is 2. The summed E-state index contributed by atoms with van der Waals surface area (Å²) in [4.78, 5) is 23.2. The molecule has 2 rings (SSSR count). The molecule has 1 aromatic heterocycles. The summed E-state index contributed by atoms with van der Waals surface area (Å²) >= 11 is 0. The van der Waals surface area contributed by atoms with Gasteiger partial charge in [0.25, 0.3) is 11.8 Å². The van der Waals surface area contributed by atoms with Crippen LogP contribution >= 0.6 is 0 Å². The first-order valence-corrected chi connectivity index (χ1v) is 7.17. The second kappa shape index (κ2) is 8.42. The van der Waals surface area contributed by atoms with Crippen molar-refractivity contribution in [2.75, 3.05) is 13.7 Å². The summed E-state index contributed by atoms with van der Waals surface area (Å²) in [5.74, 6) is 1.54. The fourth-order valence-corrected chi connectivity index (χ4v) is 1.73. The Morgan fingerprint density at radius 3 is 2.42 bits per heavy atom. The van der Waals surface area contributed by atoms with Gasteiger partial charge in [-0.15, -0.1) is 0 Å². The van der Waals surface area contributed by atoms with Crippen molar-refractivity contribution >= 4 is 17.9 Å². The van der Waals surface area contributed by atoms with E-state index in [1.807, 2.05) is 0 Å². The quantitative estimate of drug-likeness (QED) is 0.623. The zero-order valence-electron chi connectivity index (χ0n) is 13.4. The third-order valence-electron chi connectivity index (χ3n) is 2.91. The second-order valence-corrected chi connectivity index (χ2v) is 4.78. The second-order valence-electron chi connectivity index (χ2n) is 4.78. The molecule has 1 heterocycles. The summed E-state index contributed by atoms with van der Waals surface area (Å²) in [6, 6.07) is 10.3. The maximum Gasteiger partial charge on any atom is 0.276 e. The highest BCUT2D eigenvalue weighted by Crippen LogP contribution is 2.16. The minimum atomic E-state index is -0.485. The smallest absolute Gasteiger partial charge is 0.276 e. The molecule has 126 valence electrons. The molecule has 0 aliphatic carbocycles. The number of benzene rings is 1. The van der Waals surface area contributed by atoms with Gasteiger partial charge in [-0.2, -0.15) is 0 Å². The van der Waals surface area contributed by atoms with Crippen molar-refractivity contribution < 1.29 is 23.5 Å². The Labute approximate surface area is 139 Å². The van der Waals surface area contributed by atoms with Crippen LogP contribution in [0.15, 0.2) is 46.9 Å². The Kier molecular flexibility index (Phi) is 6.01. The van der Waals surface area contributed by atoms with Crippen LogP contribution < -0.4 is 20.3 Å². The normalized spacial score (nSPS) is 10.4. The number of furan rings is 1. The third kappa shape index (κ3) is 5.53. The van der Waals surface area contributed by atoms with Gasteiger partial charge in [0.15, 0.2) is 6.61 Å². The van der Waals surface area contributed by atoms with E-state index < -0.39 is 11.8 Å². The Morgan fingerprint density at radius 2 is 1.79 bits per heavy atom. The molecule has 1 aromatic carbocycles. The van der Waals surface area contributed by atoms with Gasteiger partial charge in [-0.3, -0.25) is 20.4 Å². The van der Waals surface area contributed by atoms with Crippen molar-refractivity contribution in [1.29, 1.82) is 0 Å². The first-order valence-electron chi connectivity index (χ1n) is 7.17. The van der Waals surface area contributed by atoms with Gasteiger partial charge < -0.3 is 13.9 Å². The minimum absolute atomic E-state index is 0.228. The van der Waals surface area contributed by atoms with Crippen LogP contribution in [0.1, 0.15) is 11.5 Å². The van der Waals surface area contributed by atoms with E-state index in [0.717, 1.165) is 5.76 Å².